The molecule has 11 nitrogen and oxygen atoms in total. The van der Waals surface area contributed by atoms with Gasteiger partial charge in [-0.05, 0) is 55.5 Å². The zero-order chi connectivity index (χ0) is 31.5. The molecule has 0 unspecified atom stereocenters. The van der Waals surface area contributed by atoms with E-state index in [0.29, 0.717) is 18.2 Å². The summed E-state index contributed by atoms with van der Waals surface area (Å²) in [6.07, 6.45) is 8.79. The first kappa shape index (κ1) is 29.4. The van der Waals surface area contributed by atoms with Gasteiger partial charge in [0, 0.05) is 23.9 Å². The molecule has 2 aliphatic rings. The van der Waals surface area contributed by atoms with Crippen LogP contribution in [0.3, 0.4) is 0 Å². The van der Waals surface area contributed by atoms with E-state index in [4.69, 9.17) is 9.72 Å². The quantitative estimate of drug-likeness (QED) is 0.175. The van der Waals surface area contributed by atoms with Gasteiger partial charge in [0.15, 0.2) is 0 Å². The van der Waals surface area contributed by atoms with Gasteiger partial charge in [0.25, 0.3) is 5.91 Å². The molecule has 2 amide bonds. The number of amides is 2. The second-order valence-electron chi connectivity index (χ2n) is 11.7. The van der Waals surface area contributed by atoms with E-state index in [1.54, 1.807) is 11.1 Å². The van der Waals surface area contributed by atoms with Crippen LogP contribution in [0.25, 0.3) is 33.8 Å². The fourth-order valence-electron chi connectivity index (χ4n) is 6.37. The molecule has 234 valence electrons. The summed E-state index contributed by atoms with van der Waals surface area (Å²) in [6, 6.07) is 20.7. The molecule has 2 aliphatic heterocycles. The second-order valence-corrected chi connectivity index (χ2v) is 11.7. The molecule has 0 spiro atoms. The third-order valence-electron chi connectivity index (χ3n) is 8.83. The smallest absolute Gasteiger partial charge is 0.407 e. The lowest BCUT2D eigenvalue weighted by Crippen LogP contribution is -2.42. The van der Waals surface area contributed by atoms with Crippen molar-refractivity contribution >= 4 is 12.0 Å². The number of likely N-dealkylation sites (tertiary alicyclic amines) is 1. The molecule has 0 bridgehead atoms. The van der Waals surface area contributed by atoms with Crippen molar-refractivity contribution in [1.82, 2.24) is 40.5 Å². The molecule has 5 aromatic rings. The molecule has 3 aromatic heterocycles. The second kappa shape index (κ2) is 13.0. The molecule has 7 rings (SSSR count). The lowest BCUT2D eigenvalue weighted by atomic mass is 10.0. The van der Waals surface area contributed by atoms with Gasteiger partial charge in [0.05, 0.1) is 48.7 Å². The number of aromatic amines is 2. The van der Waals surface area contributed by atoms with Gasteiger partial charge in [-0.25, -0.2) is 14.8 Å². The average molecular weight is 617 g/mol. The van der Waals surface area contributed by atoms with Gasteiger partial charge in [0.2, 0.25) is 0 Å². The summed E-state index contributed by atoms with van der Waals surface area (Å²) in [5.41, 5.74) is 6.39. The lowest BCUT2D eigenvalue weighted by Gasteiger charge is -2.28. The third-order valence-corrected chi connectivity index (χ3v) is 8.83. The number of methoxy groups -OCH3 is 1. The van der Waals surface area contributed by atoms with Gasteiger partial charge >= 0.3 is 6.09 Å². The van der Waals surface area contributed by atoms with E-state index in [9.17, 15) is 9.59 Å². The van der Waals surface area contributed by atoms with Crippen LogP contribution in [0.2, 0.25) is 0 Å². The molecule has 2 saturated heterocycles. The Morgan fingerprint density at radius 3 is 2.26 bits per heavy atom. The Labute approximate surface area is 266 Å². The van der Waals surface area contributed by atoms with Crippen molar-refractivity contribution < 1.29 is 14.3 Å². The van der Waals surface area contributed by atoms with Crippen LogP contribution in [0, 0.1) is 0 Å². The van der Waals surface area contributed by atoms with Crippen molar-refractivity contribution in [2.75, 3.05) is 20.2 Å². The summed E-state index contributed by atoms with van der Waals surface area (Å²) in [5, 5.41) is 6.19. The van der Waals surface area contributed by atoms with Crippen molar-refractivity contribution in [1.29, 1.82) is 0 Å². The molecule has 5 heterocycles. The van der Waals surface area contributed by atoms with Crippen LogP contribution in [-0.2, 0) is 9.53 Å². The number of carbonyl (C=O) groups excluding carboxylic acids is 2. The fourth-order valence-corrected chi connectivity index (χ4v) is 6.37. The molecule has 2 aromatic carbocycles. The summed E-state index contributed by atoms with van der Waals surface area (Å²) in [4.78, 5) is 48.6. The van der Waals surface area contributed by atoms with Gasteiger partial charge in [-0.15, -0.1) is 0 Å². The summed E-state index contributed by atoms with van der Waals surface area (Å²) in [5.74, 6) is 1.50. The van der Waals surface area contributed by atoms with Crippen LogP contribution in [0.15, 0.2) is 85.3 Å². The fraction of sp³-hybridized carbons (Fsp3) is 0.286. The molecule has 46 heavy (non-hydrogen) atoms. The molecule has 0 saturated carbocycles. The van der Waals surface area contributed by atoms with Gasteiger partial charge in [-0.1, -0.05) is 54.6 Å². The number of benzene rings is 2. The highest BCUT2D eigenvalue weighted by Crippen LogP contribution is 2.34. The summed E-state index contributed by atoms with van der Waals surface area (Å²) >= 11 is 0. The maximum absolute atomic E-state index is 13.8. The number of nitrogens with one attached hydrogen (secondary N) is 4. The Balaban J connectivity index is 1.04. The number of ether oxygens (including phenoxy) is 1. The van der Waals surface area contributed by atoms with Gasteiger partial charge in [-0.3, -0.25) is 9.78 Å². The minimum atomic E-state index is -0.856. The van der Waals surface area contributed by atoms with Crippen LogP contribution < -0.4 is 10.6 Å². The maximum atomic E-state index is 13.8. The molecule has 2 fully saturated rings. The Kier molecular flexibility index (Phi) is 8.30. The minimum Gasteiger partial charge on any atom is -0.453 e. The monoisotopic (exact) mass is 616 g/mol. The number of imidazole rings is 2. The first-order valence-corrected chi connectivity index (χ1v) is 15.7. The summed E-state index contributed by atoms with van der Waals surface area (Å²) < 4.78 is 4.81. The number of pyridine rings is 1. The number of hydrogen-bond acceptors (Lipinski definition) is 7. The van der Waals surface area contributed by atoms with Crippen LogP contribution in [-0.4, -0.2) is 62.0 Å². The van der Waals surface area contributed by atoms with E-state index in [-0.39, 0.29) is 11.9 Å². The lowest BCUT2D eigenvalue weighted by molar-refractivity contribution is -0.134. The van der Waals surface area contributed by atoms with Crippen molar-refractivity contribution in [3.63, 3.8) is 0 Å². The standard InChI is InChI=1S/C35H36N8O3/c1-46-35(45)42-31(24-7-3-2-4-8-24)34(44)43-18-6-10-30(43)33-39-20-28(41-33)23-13-11-22(12-14-23)26-16-15-25(19-37-26)29-21-38-32(40-29)27-9-5-17-36-27/h2-4,7-8,11-16,19-21,27,30-31,36H,5-6,9-10,17-18H2,1H3,(H,38,40)(H,39,41)(H,42,45)/t27-,30-,31+/m0/s1. The van der Waals surface area contributed by atoms with Gasteiger partial charge < -0.3 is 30.2 Å². The first-order valence-electron chi connectivity index (χ1n) is 15.7. The first-order chi connectivity index (χ1) is 22.6. The van der Waals surface area contributed by atoms with Crippen LogP contribution in [0.5, 0.6) is 0 Å². The zero-order valence-electron chi connectivity index (χ0n) is 25.6. The highest BCUT2D eigenvalue weighted by atomic mass is 16.5. The molecule has 4 N–H and O–H groups in total. The van der Waals surface area contributed by atoms with Crippen LogP contribution in [0.1, 0.15) is 61.0 Å². The number of H-pyrrole nitrogens is 2. The van der Waals surface area contributed by atoms with E-state index >= 15 is 0 Å². The molecular formula is C35H36N8O3. The van der Waals surface area contributed by atoms with E-state index in [0.717, 1.165) is 71.2 Å². The third kappa shape index (κ3) is 6.01. The van der Waals surface area contributed by atoms with Crippen molar-refractivity contribution in [2.24, 2.45) is 0 Å². The maximum Gasteiger partial charge on any atom is 0.407 e. The topological polar surface area (TPSA) is 141 Å². The largest absolute Gasteiger partial charge is 0.453 e. The van der Waals surface area contributed by atoms with Gasteiger partial charge in [-0.2, -0.15) is 0 Å². The number of aromatic nitrogens is 5. The number of hydrogen-bond donors (Lipinski definition) is 4. The SMILES string of the molecule is COC(=O)N[C@@H](C(=O)N1CCC[C@H]1c1ncc(-c2ccc(-c3ccc(-c4cnc([C@@H]5CCCN5)[nH]4)cn3)cc2)[nH]1)c1ccccc1. The summed E-state index contributed by atoms with van der Waals surface area (Å²) in [6.45, 7) is 1.61. The van der Waals surface area contributed by atoms with Crippen molar-refractivity contribution in [3.05, 3.63) is 103 Å². The highest BCUT2D eigenvalue weighted by molar-refractivity contribution is 5.87. The Hall–Kier alpha value is -5.29. The van der Waals surface area contributed by atoms with E-state index < -0.39 is 12.1 Å². The van der Waals surface area contributed by atoms with E-state index in [1.165, 1.54) is 13.5 Å². The number of rotatable bonds is 8. The molecule has 0 aliphatic carbocycles. The summed E-state index contributed by atoms with van der Waals surface area (Å²) in [7, 11) is 1.29. The van der Waals surface area contributed by atoms with Gasteiger partial charge in [0.1, 0.15) is 17.7 Å². The number of carbonyl (C=O) groups is 2. The zero-order valence-corrected chi connectivity index (χ0v) is 25.6. The number of nitrogens with zero attached hydrogens (tertiary/aromatic N) is 4. The normalized spacial score (nSPS) is 18.4. The highest BCUT2D eigenvalue weighted by Gasteiger charge is 2.37. The molecular weight excluding hydrogens is 580 g/mol. The van der Waals surface area contributed by atoms with E-state index in [1.807, 2.05) is 73.1 Å². The minimum absolute atomic E-state index is 0.196. The molecule has 0 radical (unpaired) electrons. The Morgan fingerprint density at radius 1 is 0.826 bits per heavy atom. The predicted molar refractivity (Wildman–Crippen MR) is 173 cm³/mol. The van der Waals surface area contributed by atoms with Crippen molar-refractivity contribution in [2.45, 2.75) is 43.8 Å². The molecule has 11 heteroatoms. The average Bonchev–Trinajstić information content (AvgIpc) is 3.94. The van der Waals surface area contributed by atoms with Crippen LogP contribution in [0.4, 0.5) is 4.79 Å². The number of alkyl carbamates (subject to hydrolysis) is 1. The molecule has 3 atom stereocenters. The van der Waals surface area contributed by atoms with E-state index in [2.05, 4.69) is 36.6 Å². The van der Waals surface area contributed by atoms with Crippen molar-refractivity contribution in [3.8, 4) is 33.8 Å². The Morgan fingerprint density at radius 2 is 1.54 bits per heavy atom. The Bertz CT molecular complexity index is 1790. The predicted octanol–water partition coefficient (Wildman–Crippen LogP) is 5.71. The van der Waals surface area contributed by atoms with Crippen LogP contribution >= 0.6 is 0 Å².